The quantitative estimate of drug-likeness (QED) is 0.544. The van der Waals surface area contributed by atoms with Crippen molar-refractivity contribution >= 4 is 10.8 Å². The summed E-state index contributed by atoms with van der Waals surface area (Å²) in [6, 6.07) is 16.7. The van der Waals surface area contributed by atoms with Gasteiger partial charge in [-0.2, -0.15) is 0 Å². The zero-order valence-corrected chi connectivity index (χ0v) is 5.62. The van der Waals surface area contributed by atoms with Crippen LogP contribution in [0.3, 0.4) is 0 Å². The highest BCUT2D eigenvalue weighted by atomic mass is 13.9. The van der Waals surface area contributed by atoms with Crippen molar-refractivity contribution in [1.29, 1.82) is 0 Å². The van der Waals surface area contributed by atoms with Gasteiger partial charge in [-0.05, 0) is 10.8 Å². The first kappa shape index (κ1) is 10.7. The Morgan fingerprint density at radius 2 is 0.750 bits per heavy atom. The molecule has 12 heavy (non-hydrogen) atoms. The van der Waals surface area contributed by atoms with Crippen LogP contribution in [0.5, 0.6) is 0 Å². The molecule has 0 aromatic heterocycles. The van der Waals surface area contributed by atoms with Gasteiger partial charge in [-0.3, -0.25) is 0 Å². The highest BCUT2D eigenvalue weighted by molar-refractivity contribution is 5.81. The van der Waals surface area contributed by atoms with E-state index in [4.69, 9.17) is 0 Å². The fraction of sp³-hybridized carbons (Fsp3) is 0.167. The summed E-state index contributed by atoms with van der Waals surface area (Å²) in [4.78, 5) is 0. The van der Waals surface area contributed by atoms with Crippen molar-refractivity contribution in [2.75, 3.05) is 0 Å². The summed E-state index contributed by atoms with van der Waals surface area (Å²) < 4.78 is 0. The Morgan fingerprint density at radius 3 is 1.00 bits per heavy atom. The third kappa shape index (κ3) is 1.85. The molecule has 0 heterocycles. The second-order valence-electron chi connectivity index (χ2n) is 2.35. The third-order valence-corrected chi connectivity index (χ3v) is 1.66. The van der Waals surface area contributed by atoms with Crippen molar-refractivity contribution in [3.05, 3.63) is 48.5 Å². The van der Waals surface area contributed by atoms with Gasteiger partial charge < -0.3 is 0 Å². The molecule has 0 aliphatic rings. The molecule has 0 radical (unpaired) electrons. The smallest absolute Gasteiger partial charge is 0.0184 e. The van der Waals surface area contributed by atoms with Gasteiger partial charge >= 0.3 is 0 Å². The van der Waals surface area contributed by atoms with Crippen molar-refractivity contribution in [2.45, 2.75) is 14.9 Å². The molecule has 0 saturated heterocycles. The molecule has 2 aromatic rings. The number of rotatable bonds is 0. The Kier molecular flexibility index (Phi) is 4.06. The highest BCUT2D eigenvalue weighted by Crippen LogP contribution is 2.11. The molecule has 0 N–H and O–H groups in total. The Labute approximate surface area is 74.9 Å². The number of hydrogen-bond donors (Lipinski definition) is 0. The van der Waals surface area contributed by atoms with Crippen LogP contribution in [0.1, 0.15) is 14.9 Å². The standard InChI is InChI=1S/C10H8.2CH4/c1-2-6-10-8-4-3-7-9(10)5-1;;/h1-8H;2*1H4. The summed E-state index contributed by atoms with van der Waals surface area (Å²) in [5.74, 6) is 0. The maximum atomic E-state index is 2.12. The number of hydrogen-bond acceptors (Lipinski definition) is 0. The van der Waals surface area contributed by atoms with Crippen molar-refractivity contribution in [3.63, 3.8) is 0 Å². The molecule has 0 amide bonds. The number of benzene rings is 2. The second kappa shape index (κ2) is 4.55. The number of fused-ring (bicyclic) bond motifs is 1. The molecule has 2 aromatic carbocycles. The maximum absolute atomic E-state index is 2.12. The zero-order chi connectivity index (χ0) is 6.81. The Morgan fingerprint density at radius 1 is 0.500 bits per heavy atom. The van der Waals surface area contributed by atoms with E-state index in [0.29, 0.717) is 0 Å². The van der Waals surface area contributed by atoms with Crippen LogP contribution in [0.4, 0.5) is 0 Å². The average Bonchev–Trinajstić information content (AvgIpc) is 2.05. The van der Waals surface area contributed by atoms with Crippen LogP contribution in [0.25, 0.3) is 10.8 Å². The molecular formula is C12H16. The van der Waals surface area contributed by atoms with Crippen molar-refractivity contribution < 1.29 is 0 Å². The molecule has 0 bridgehead atoms. The molecule has 0 heteroatoms. The minimum absolute atomic E-state index is 0. The lowest BCUT2D eigenvalue weighted by Crippen LogP contribution is -1.67. The third-order valence-electron chi connectivity index (χ3n) is 1.66. The van der Waals surface area contributed by atoms with Gasteiger partial charge in [0, 0.05) is 0 Å². The van der Waals surface area contributed by atoms with E-state index in [1.807, 2.05) is 0 Å². The first-order chi connectivity index (χ1) is 4.97. The van der Waals surface area contributed by atoms with Gasteiger partial charge in [-0.25, -0.2) is 0 Å². The molecule has 0 spiro atoms. The minimum atomic E-state index is 0. The summed E-state index contributed by atoms with van der Waals surface area (Å²) in [7, 11) is 0. The Balaban J connectivity index is 0.000000605. The van der Waals surface area contributed by atoms with Crippen molar-refractivity contribution in [1.82, 2.24) is 0 Å². The minimum Gasteiger partial charge on any atom is -0.0776 e. The van der Waals surface area contributed by atoms with Crippen LogP contribution >= 0.6 is 0 Å². The van der Waals surface area contributed by atoms with Crippen LogP contribution in [0.15, 0.2) is 48.5 Å². The fourth-order valence-corrected chi connectivity index (χ4v) is 1.13. The molecular weight excluding hydrogens is 144 g/mol. The lowest BCUT2D eigenvalue weighted by atomic mass is 10.1. The van der Waals surface area contributed by atoms with Gasteiger partial charge in [0.2, 0.25) is 0 Å². The summed E-state index contributed by atoms with van der Waals surface area (Å²) in [5.41, 5.74) is 0. The van der Waals surface area contributed by atoms with Gasteiger partial charge in [0.15, 0.2) is 0 Å². The van der Waals surface area contributed by atoms with Crippen molar-refractivity contribution in [2.24, 2.45) is 0 Å². The average molecular weight is 160 g/mol. The van der Waals surface area contributed by atoms with E-state index in [0.717, 1.165) is 0 Å². The summed E-state index contributed by atoms with van der Waals surface area (Å²) >= 11 is 0. The first-order valence-corrected chi connectivity index (χ1v) is 3.40. The van der Waals surface area contributed by atoms with E-state index in [1.165, 1.54) is 10.8 Å². The molecule has 0 saturated carbocycles. The molecule has 64 valence electrons. The lowest BCUT2D eigenvalue weighted by Gasteiger charge is -1.92. The van der Waals surface area contributed by atoms with E-state index in [9.17, 15) is 0 Å². The normalized spacial score (nSPS) is 8.33. The largest absolute Gasteiger partial charge is 0.0776 e. The van der Waals surface area contributed by atoms with Crippen LogP contribution < -0.4 is 0 Å². The topological polar surface area (TPSA) is 0 Å². The maximum Gasteiger partial charge on any atom is -0.0184 e. The van der Waals surface area contributed by atoms with Crippen LogP contribution in [-0.2, 0) is 0 Å². The van der Waals surface area contributed by atoms with Crippen LogP contribution in [0, 0.1) is 0 Å². The summed E-state index contributed by atoms with van der Waals surface area (Å²) in [6.07, 6.45) is 0. The van der Waals surface area contributed by atoms with E-state index in [1.54, 1.807) is 0 Å². The second-order valence-corrected chi connectivity index (χ2v) is 2.35. The lowest BCUT2D eigenvalue weighted by molar-refractivity contribution is 1.75. The van der Waals surface area contributed by atoms with Gasteiger partial charge in [-0.15, -0.1) is 0 Å². The van der Waals surface area contributed by atoms with Crippen molar-refractivity contribution in [3.8, 4) is 0 Å². The van der Waals surface area contributed by atoms with E-state index in [2.05, 4.69) is 48.5 Å². The summed E-state index contributed by atoms with van der Waals surface area (Å²) in [5, 5.41) is 2.62. The van der Waals surface area contributed by atoms with E-state index < -0.39 is 0 Å². The first-order valence-electron chi connectivity index (χ1n) is 3.40. The van der Waals surface area contributed by atoms with Gasteiger partial charge in [0.25, 0.3) is 0 Å². The zero-order valence-electron chi connectivity index (χ0n) is 5.62. The van der Waals surface area contributed by atoms with Gasteiger partial charge in [0.1, 0.15) is 0 Å². The monoisotopic (exact) mass is 160 g/mol. The molecule has 0 nitrogen and oxygen atoms in total. The molecule has 2 rings (SSSR count). The Hall–Kier alpha value is -1.30. The SMILES string of the molecule is C.C.c1ccc2ccccc2c1. The Bertz CT molecular complexity index is 271. The summed E-state index contributed by atoms with van der Waals surface area (Å²) in [6.45, 7) is 0. The predicted octanol–water partition coefficient (Wildman–Crippen LogP) is 4.11. The van der Waals surface area contributed by atoms with E-state index >= 15 is 0 Å². The van der Waals surface area contributed by atoms with E-state index in [-0.39, 0.29) is 14.9 Å². The predicted molar refractivity (Wildman–Crippen MR) is 57.4 cm³/mol. The van der Waals surface area contributed by atoms with Crippen LogP contribution in [0.2, 0.25) is 0 Å². The molecule has 0 aliphatic carbocycles. The molecule has 0 aliphatic heterocycles. The van der Waals surface area contributed by atoms with Gasteiger partial charge in [-0.1, -0.05) is 63.4 Å². The molecule has 0 atom stereocenters. The fourth-order valence-electron chi connectivity index (χ4n) is 1.13. The van der Waals surface area contributed by atoms with Gasteiger partial charge in [0.05, 0.1) is 0 Å². The highest BCUT2D eigenvalue weighted by Gasteiger charge is 1.85. The molecule has 0 unspecified atom stereocenters. The molecule has 0 fully saturated rings. The van der Waals surface area contributed by atoms with Crippen LogP contribution in [-0.4, -0.2) is 0 Å².